The van der Waals surface area contributed by atoms with Gasteiger partial charge >= 0.3 is 57.4 Å². The molecule has 0 radical (unpaired) electrons. The van der Waals surface area contributed by atoms with Gasteiger partial charge in [0.25, 0.3) is 0 Å². The van der Waals surface area contributed by atoms with Crippen molar-refractivity contribution < 1.29 is 71.2 Å². The van der Waals surface area contributed by atoms with Gasteiger partial charge in [-0.25, -0.2) is 0 Å². The van der Waals surface area contributed by atoms with E-state index in [0.717, 1.165) is 51.4 Å². The number of aliphatic carboxylic acids is 2. The Morgan fingerprint density at radius 1 is 0.962 bits per heavy atom. The van der Waals surface area contributed by atoms with E-state index < -0.39 is 11.9 Å². The number of carboxylic acid groups (broad SMARTS) is 2. The molecule has 3 atom stereocenters. The summed E-state index contributed by atoms with van der Waals surface area (Å²) in [7, 11) is 0. The molecule has 1 aliphatic rings. The molecule has 0 fully saturated rings. The van der Waals surface area contributed by atoms with E-state index in [0.29, 0.717) is 12.3 Å². The van der Waals surface area contributed by atoms with Gasteiger partial charge in [-0.3, -0.25) is 4.79 Å². The second kappa shape index (κ2) is 16.3. The van der Waals surface area contributed by atoms with Gasteiger partial charge in [-0.2, -0.15) is 0 Å². The normalized spacial score (nSPS) is 22.0. The number of carbonyl (C=O) groups is 2. The molecule has 1 aliphatic carbocycles. The van der Waals surface area contributed by atoms with Crippen molar-refractivity contribution in [3.05, 3.63) is 12.2 Å². The van der Waals surface area contributed by atoms with E-state index >= 15 is 0 Å². The summed E-state index contributed by atoms with van der Waals surface area (Å²) in [6.45, 7) is 2.19. The standard InChI is InChI=1S/C21H36O4.K/c1-2-3-4-9-12-18-15-14-17(16-19(18)21(24)25)11-8-6-5-7-10-13-20(22)23;/h14-15,17-19H,2-13,16H2,1H3,(H,22,23)(H,24,25);/q;+1/p-1. The molecule has 1 N–H and O–H groups in total. The molecule has 0 aromatic carbocycles. The van der Waals surface area contributed by atoms with Gasteiger partial charge in [0.2, 0.25) is 0 Å². The summed E-state index contributed by atoms with van der Waals surface area (Å²) in [5.74, 6) is -1.24. The van der Waals surface area contributed by atoms with Crippen molar-refractivity contribution in [2.24, 2.45) is 17.8 Å². The predicted octanol–water partition coefficient (Wildman–Crippen LogP) is 1.33. The Bertz CT molecular complexity index is 422. The Kier molecular flexibility index (Phi) is 16.5. The van der Waals surface area contributed by atoms with E-state index in [1.165, 1.54) is 19.3 Å². The first kappa shape index (κ1) is 26.3. The van der Waals surface area contributed by atoms with Crippen LogP contribution in [0.1, 0.15) is 90.4 Å². The van der Waals surface area contributed by atoms with Gasteiger partial charge in [0.1, 0.15) is 0 Å². The second-order valence-electron chi connectivity index (χ2n) is 7.52. The number of allylic oxidation sites excluding steroid dienone is 2. The Balaban J connectivity index is 0.00000625. The molecule has 0 aromatic heterocycles. The van der Waals surface area contributed by atoms with E-state index in [2.05, 4.69) is 19.1 Å². The third-order valence-electron chi connectivity index (χ3n) is 5.37. The fraction of sp³-hybridized carbons (Fsp3) is 0.810. The number of hydrogen-bond acceptors (Lipinski definition) is 3. The van der Waals surface area contributed by atoms with Crippen LogP contribution in [0, 0.1) is 17.8 Å². The van der Waals surface area contributed by atoms with Gasteiger partial charge in [-0.1, -0.05) is 70.4 Å². The summed E-state index contributed by atoms with van der Waals surface area (Å²) in [5, 5.41) is 19.9. The molecule has 144 valence electrons. The summed E-state index contributed by atoms with van der Waals surface area (Å²) >= 11 is 0. The van der Waals surface area contributed by atoms with E-state index in [1.54, 1.807) is 0 Å². The molecule has 0 amide bonds. The van der Waals surface area contributed by atoms with Crippen LogP contribution in [0.5, 0.6) is 0 Å². The molecule has 0 saturated carbocycles. The van der Waals surface area contributed by atoms with Crippen molar-refractivity contribution in [3.8, 4) is 0 Å². The van der Waals surface area contributed by atoms with Crippen molar-refractivity contribution in [2.75, 3.05) is 0 Å². The summed E-state index contributed by atoms with van der Waals surface area (Å²) < 4.78 is 0. The Hall–Kier alpha value is 0.316. The minimum absolute atomic E-state index is 0. The Labute approximate surface area is 201 Å². The van der Waals surface area contributed by atoms with Gasteiger partial charge in [-0.15, -0.1) is 0 Å². The molecule has 0 aliphatic heterocycles. The summed E-state index contributed by atoms with van der Waals surface area (Å²) in [6.07, 6.45) is 17.0. The summed E-state index contributed by atoms with van der Waals surface area (Å²) in [6, 6.07) is 0. The molecule has 26 heavy (non-hydrogen) atoms. The molecular formula is C21H35KO4. The SMILES string of the molecule is CCCCCCC1C=CC(CCCCCCCC(=O)[O-])CC1C(=O)O.[K+]. The first-order valence-corrected chi connectivity index (χ1v) is 10.2. The average molecular weight is 391 g/mol. The van der Waals surface area contributed by atoms with Crippen LogP contribution in [0.3, 0.4) is 0 Å². The number of unbranched alkanes of at least 4 members (excludes halogenated alkanes) is 7. The fourth-order valence-electron chi connectivity index (χ4n) is 3.82. The monoisotopic (exact) mass is 390 g/mol. The van der Waals surface area contributed by atoms with E-state index in [-0.39, 0.29) is 69.6 Å². The molecule has 1 rings (SSSR count). The minimum atomic E-state index is -0.962. The fourth-order valence-corrected chi connectivity index (χ4v) is 3.82. The van der Waals surface area contributed by atoms with Crippen LogP contribution in [-0.4, -0.2) is 17.0 Å². The molecule has 0 bridgehead atoms. The van der Waals surface area contributed by atoms with Crippen LogP contribution < -0.4 is 56.5 Å². The third kappa shape index (κ3) is 11.9. The molecule has 0 aromatic rings. The number of rotatable bonds is 14. The second-order valence-corrected chi connectivity index (χ2v) is 7.52. The smallest absolute Gasteiger partial charge is 0.550 e. The largest absolute Gasteiger partial charge is 1.00 e. The van der Waals surface area contributed by atoms with Crippen LogP contribution in [-0.2, 0) is 9.59 Å². The first-order valence-electron chi connectivity index (χ1n) is 10.2. The third-order valence-corrected chi connectivity index (χ3v) is 5.37. The molecule has 4 nitrogen and oxygen atoms in total. The molecule has 5 heteroatoms. The van der Waals surface area contributed by atoms with Crippen molar-refractivity contribution >= 4 is 11.9 Å². The van der Waals surface area contributed by atoms with Crippen LogP contribution in [0.2, 0.25) is 0 Å². The maximum atomic E-state index is 11.6. The van der Waals surface area contributed by atoms with Crippen molar-refractivity contribution in [2.45, 2.75) is 90.4 Å². The minimum Gasteiger partial charge on any atom is -0.550 e. The number of carboxylic acids is 2. The molecule has 3 unspecified atom stereocenters. The predicted molar refractivity (Wildman–Crippen MR) is 97.9 cm³/mol. The topological polar surface area (TPSA) is 77.4 Å². The maximum Gasteiger partial charge on any atom is 1.00 e. The first-order chi connectivity index (χ1) is 12.0. The van der Waals surface area contributed by atoms with Gasteiger partial charge in [0.15, 0.2) is 0 Å². The van der Waals surface area contributed by atoms with E-state index in [4.69, 9.17) is 0 Å². The average Bonchev–Trinajstić information content (AvgIpc) is 2.58. The van der Waals surface area contributed by atoms with E-state index in [9.17, 15) is 19.8 Å². The summed E-state index contributed by atoms with van der Waals surface area (Å²) in [4.78, 5) is 22.0. The quantitative estimate of drug-likeness (QED) is 0.276. The van der Waals surface area contributed by atoms with Crippen molar-refractivity contribution in [3.63, 3.8) is 0 Å². The van der Waals surface area contributed by atoms with Crippen molar-refractivity contribution in [1.29, 1.82) is 0 Å². The molecule has 0 heterocycles. The summed E-state index contributed by atoms with van der Waals surface area (Å²) in [5.41, 5.74) is 0. The van der Waals surface area contributed by atoms with E-state index in [1.807, 2.05) is 0 Å². The molecule has 0 spiro atoms. The van der Waals surface area contributed by atoms with Crippen LogP contribution in [0.4, 0.5) is 0 Å². The Morgan fingerprint density at radius 2 is 1.58 bits per heavy atom. The van der Waals surface area contributed by atoms with Gasteiger partial charge in [0, 0.05) is 5.97 Å². The van der Waals surface area contributed by atoms with Crippen molar-refractivity contribution in [1.82, 2.24) is 0 Å². The van der Waals surface area contributed by atoms with Crippen LogP contribution in [0.15, 0.2) is 12.2 Å². The van der Waals surface area contributed by atoms with Crippen LogP contribution in [0.25, 0.3) is 0 Å². The number of carbonyl (C=O) groups excluding carboxylic acids is 1. The maximum absolute atomic E-state index is 11.6. The zero-order chi connectivity index (χ0) is 18.5. The zero-order valence-corrected chi connectivity index (χ0v) is 19.9. The molecule has 0 saturated heterocycles. The van der Waals surface area contributed by atoms with Crippen LogP contribution >= 0.6 is 0 Å². The number of hydrogen-bond donors (Lipinski definition) is 1. The van der Waals surface area contributed by atoms with Gasteiger partial charge < -0.3 is 15.0 Å². The van der Waals surface area contributed by atoms with Gasteiger partial charge in [-0.05, 0) is 43.9 Å². The molecular weight excluding hydrogens is 355 g/mol. The zero-order valence-electron chi connectivity index (χ0n) is 16.8. The van der Waals surface area contributed by atoms with Gasteiger partial charge in [0.05, 0.1) is 5.92 Å². The Morgan fingerprint density at radius 3 is 2.23 bits per heavy atom.